The average Bonchev–Trinajstić information content (AvgIpc) is 2.57. The molecular formula is C20H26O4. The lowest BCUT2D eigenvalue weighted by molar-refractivity contribution is -0.134. The van der Waals surface area contributed by atoms with Crippen LogP contribution in [0.3, 0.4) is 0 Å². The first-order valence-electron chi connectivity index (χ1n) is 8.44. The zero-order valence-electron chi connectivity index (χ0n) is 14.1. The number of esters is 1. The molecule has 0 bridgehead atoms. The molecule has 0 aromatic heterocycles. The Labute approximate surface area is 143 Å². The number of allylic oxidation sites excluding steroid dienone is 3. The molecule has 0 unspecified atom stereocenters. The molecule has 4 nitrogen and oxygen atoms in total. The molecule has 1 aromatic rings. The number of unbranched alkanes of at least 4 members (excludes halogenated alkanes) is 5. The molecule has 24 heavy (non-hydrogen) atoms. The van der Waals surface area contributed by atoms with Gasteiger partial charge in [-0.2, -0.15) is 0 Å². The van der Waals surface area contributed by atoms with E-state index in [0.717, 1.165) is 44.9 Å². The van der Waals surface area contributed by atoms with E-state index in [-0.39, 0.29) is 17.3 Å². The average molecular weight is 330 g/mol. The normalized spacial score (nSPS) is 10.7. The third-order valence-corrected chi connectivity index (χ3v) is 3.56. The summed E-state index contributed by atoms with van der Waals surface area (Å²) in [5.74, 6) is -1.36. The highest BCUT2D eigenvalue weighted by atomic mass is 16.5. The maximum atomic E-state index is 11.8. The monoisotopic (exact) mass is 330 g/mol. The number of benzene rings is 1. The molecule has 1 aromatic carbocycles. The van der Waals surface area contributed by atoms with Crippen molar-refractivity contribution < 1.29 is 19.4 Å². The van der Waals surface area contributed by atoms with E-state index in [9.17, 15) is 9.59 Å². The lowest BCUT2D eigenvalue weighted by Gasteiger charge is -2.07. The molecule has 0 atom stereocenters. The Morgan fingerprint density at radius 2 is 1.75 bits per heavy atom. The second kappa shape index (κ2) is 12.1. The molecule has 1 N–H and O–H groups in total. The van der Waals surface area contributed by atoms with Gasteiger partial charge >= 0.3 is 11.9 Å². The SMILES string of the molecule is C=CC/C=C\CCCCCCCC(=O)Oc1ccccc1C(=O)O. The summed E-state index contributed by atoms with van der Waals surface area (Å²) in [6.07, 6.45) is 13.6. The minimum absolute atomic E-state index is 0.00959. The summed E-state index contributed by atoms with van der Waals surface area (Å²) in [6.45, 7) is 3.66. The molecule has 0 saturated heterocycles. The molecule has 0 fully saturated rings. The molecule has 0 aliphatic heterocycles. The van der Waals surface area contributed by atoms with Gasteiger partial charge in [0, 0.05) is 6.42 Å². The topological polar surface area (TPSA) is 63.6 Å². The largest absolute Gasteiger partial charge is 0.478 e. The smallest absolute Gasteiger partial charge is 0.339 e. The Hall–Kier alpha value is -2.36. The summed E-state index contributed by atoms with van der Waals surface area (Å²) in [6, 6.07) is 6.18. The van der Waals surface area contributed by atoms with Crippen LogP contribution < -0.4 is 4.74 Å². The van der Waals surface area contributed by atoms with Crippen molar-refractivity contribution in [2.75, 3.05) is 0 Å². The quantitative estimate of drug-likeness (QED) is 0.249. The van der Waals surface area contributed by atoms with Gasteiger partial charge in [-0.25, -0.2) is 4.79 Å². The number of para-hydroxylation sites is 1. The van der Waals surface area contributed by atoms with E-state index < -0.39 is 5.97 Å². The first kappa shape index (κ1) is 19.7. The van der Waals surface area contributed by atoms with E-state index in [0.29, 0.717) is 6.42 Å². The lowest BCUT2D eigenvalue weighted by atomic mass is 10.1. The van der Waals surface area contributed by atoms with Crippen molar-refractivity contribution in [3.8, 4) is 5.75 Å². The molecule has 0 aliphatic rings. The van der Waals surface area contributed by atoms with Crippen LogP contribution in [0.2, 0.25) is 0 Å². The Bertz CT molecular complexity index is 561. The minimum Gasteiger partial charge on any atom is -0.478 e. The fourth-order valence-electron chi connectivity index (χ4n) is 2.28. The van der Waals surface area contributed by atoms with Gasteiger partial charge in [0.2, 0.25) is 0 Å². The van der Waals surface area contributed by atoms with Gasteiger partial charge in [-0.1, -0.05) is 49.6 Å². The Kier molecular flexibility index (Phi) is 9.93. The molecule has 0 spiro atoms. The van der Waals surface area contributed by atoms with Crippen molar-refractivity contribution in [3.63, 3.8) is 0 Å². The Morgan fingerprint density at radius 1 is 1.04 bits per heavy atom. The zero-order valence-corrected chi connectivity index (χ0v) is 14.1. The third-order valence-electron chi connectivity index (χ3n) is 3.56. The maximum Gasteiger partial charge on any atom is 0.339 e. The lowest BCUT2D eigenvalue weighted by Crippen LogP contribution is -2.10. The van der Waals surface area contributed by atoms with Crippen LogP contribution >= 0.6 is 0 Å². The Morgan fingerprint density at radius 3 is 2.50 bits per heavy atom. The van der Waals surface area contributed by atoms with Gasteiger partial charge in [0.05, 0.1) is 0 Å². The number of carbonyl (C=O) groups is 2. The molecule has 130 valence electrons. The van der Waals surface area contributed by atoms with E-state index in [1.165, 1.54) is 12.1 Å². The first-order chi connectivity index (χ1) is 11.6. The van der Waals surface area contributed by atoms with Gasteiger partial charge in [0.25, 0.3) is 0 Å². The molecule has 1 rings (SSSR count). The molecule has 0 aliphatic carbocycles. The number of carboxylic acids is 1. The summed E-state index contributed by atoms with van der Waals surface area (Å²) < 4.78 is 5.15. The molecule has 0 amide bonds. The fraction of sp³-hybridized carbons (Fsp3) is 0.400. The van der Waals surface area contributed by atoms with Crippen LogP contribution in [0.5, 0.6) is 5.75 Å². The molecular weight excluding hydrogens is 304 g/mol. The summed E-state index contributed by atoms with van der Waals surface area (Å²) in [5.41, 5.74) is 0.00959. The van der Waals surface area contributed by atoms with E-state index in [2.05, 4.69) is 18.7 Å². The van der Waals surface area contributed by atoms with Crippen LogP contribution in [0.25, 0.3) is 0 Å². The van der Waals surface area contributed by atoms with Gasteiger partial charge in [-0.05, 0) is 37.8 Å². The predicted octanol–water partition coefficient (Wildman–Crippen LogP) is 5.15. The maximum absolute atomic E-state index is 11.8. The van der Waals surface area contributed by atoms with Gasteiger partial charge in [-0.15, -0.1) is 6.58 Å². The number of carboxylic acid groups (broad SMARTS) is 1. The van der Waals surface area contributed by atoms with Crippen molar-refractivity contribution in [2.24, 2.45) is 0 Å². The van der Waals surface area contributed by atoms with Crippen LogP contribution in [-0.2, 0) is 4.79 Å². The minimum atomic E-state index is -1.10. The third kappa shape index (κ3) is 8.32. The fourth-order valence-corrected chi connectivity index (χ4v) is 2.28. The summed E-state index contributed by atoms with van der Waals surface area (Å²) in [7, 11) is 0. The second-order valence-electron chi connectivity index (χ2n) is 5.58. The number of hydrogen-bond acceptors (Lipinski definition) is 3. The van der Waals surface area contributed by atoms with Crippen molar-refractivity contribution >= 4 is 11.9 Å². The zero-order chi connectivity index (χ0) is 17.6. The second-order valence-corrected chi connectivity index (χ2v) is 5.58. The van der Waals surface area contributed by atoms with Crippen LogP contribution in [0, 0.1) is 0 Å². The summed E-state index contributed by atoms with van der Waals surface area (Å²) in [5, 5.41) is 9.04. The number of carbonyl (C=O) groups excluding carboxylic acids is 1. The van der Waals surface area contributed by atoms with Crippen molar-refractivity contribution in [3.05, 3.63) is 54.6 Å². The van der Waals surface area contributed by atoms with Gasteiger partial charge < -0.3 is 9.84 Å². The van der Waals surface area contributed by atoms with Gasteiger partial charge in [0.15, 0.2) is 0 Å². The van der Waals surface area contributed by atoms with E-state index in [1.54, 1.807) is 12.1 Å². The van der Waals surface area contributed by atoms with Crippen LogP contribution in [0.4, 0.5) is 0 Å². The Balaban J connectivity index is 2.15. The van der Waals surface area contributed by atoms with E-state index in [1.807, 2.05) is 6.08 Å². The summed E-state index contributed by atoms with van der Waals surface area (Å²) >= 11 is 0. The van der Waals surface area contributed by atoms with E-state index >= 15 is 0 Å². The number of hydrogen-bond donors (Lipinski definition) is 1. The number of ether oxygens (including phenoxy) is 1. The highest BCUT2D eigenvalue weighted by Crippen LogP contribution is 2.19. The highest BCUT2D eigenvalue weighted by Gasteiger charge is 2.13. The molecule has 4 heteroatoms. The van der Waals surface area contributed by atoms with Crippen molar-refractivity contribution in [1.82, 2.24) is 0 Å². The standard InChI is InChI=1S/C20H26O4/c1-2-3-4-5-6-7-8-9-10-11-16-19(21)24-18-15-13-12-14-17(18)20(22)23/h2,4-5,12-15H,1,3,6-11,16H2,(H,22,23)/b5-4-. The first-order valence-corrected chi connectivity index (χ1v) is 8.44. The van der Waals surface area contributed by atoms with E-state index in [4.69, 9.17) is 9.84 Å². The van der Waals surface area contributed by atoms with Crippen molar-refractivity contribution in [1.29, 1.82) is 0 Å². The molecule has 0 radical (unpaired) electrons. The van der Waals surface area contributed by atoms with Crippen LogP contribution in [0.15, 0.2) is 49.1 Å². The highest BCUT2D eigenvalue weighted by molar-refractivity contribution is 5.91. The van der Waals surface area contributed by atoms with Crippen LogP contribution in [0.1, 0.15) is 61.7 Å². The van der Waals surface area contributed by atoms with Gasteiger partial charge in [-0.3, -0.25) is 4.79 Å². The van der Waals surface area contributed by atoms with Crippen molar-refractivity contribution in [2.45, 2.75) is 51.4 Å². The summed E-state index contributed by atoms with van der Waals surface area (Å²) in [4.78, 5) is 22.8. The van der Waals surface area contributed by atoms with Crippen LogP contribution in [-0.4, -0.2) is 17.0 Å². The molecule has 0 saturated carbocycles. The predicted molar refractivity (Wildman–Crippen MR) is 95.3 cm³/mol. The van der Waals surface area contributed by atoms with Gasteiger partial charge in [0.1, 0.15) is 11.3 Å². The molecule has 0 heterocycles. The number of rotatable bonds is 12. The number of aromatic carboxylic acids is 1.